The van der Waals surface area contributed by atoms with Gasteiger partial charge in [0.15, 0.2) is 6.61 Å². The predicted octanol–water partition coefficient (Wildman–Crippen LogP) is 5.44. The third-order valence-corrected chi connectivity index (χ3v) is 5.03. The molecule has 1 unspecified atom stereocenters. The van der Waals surface area contributed by atoms with Crippen LogP contribution in [-0.4, -0.2) is 23.8 Å². The minimum Gasteiger partial charge on any atom is -0.508 e. The van der Waals surface area contributed by atoms with Crippen LogP contribution in [0.15, 0.2) is 30.3 Å². The summed E-state index contributed by atoms with van der Waals surface area (Å²) in [5.41, 5.74) is 5.59. The molecular weight excluding hydrogens is 352 g/mol. The Balaban J connectivity index is 2.12. The molecule has 0 radical (unpaired) electrons. The standard InChI is InChI=1S/C24H32O4/c1-7-18(6)28-24(26)14-27-20-10-16(4)22(17(5)11-20)13-19-8-9-23(25)21(12-19)15(2)3/h8-12,15,18,25H,7,13-14H2,1-6H3. The summed E-state index contributed by atoms with van der Waals surface area (Å²) >= 11 is 0. The Morgan fingerprint density at radius 1 is 1.07 bits per heavy atom. The normalized spacial score (nSPS) is 12.1. The second-order valence-corrected chi connectivity index (χ2v) is 7.76. The Bertz CT molecular complexity index is 800. The summed E-state index contributed by atoms with van der Waals surface area (Å²) in [7, 11) is 0. The van der Waals surface area contributed by atoms with Crippen LogP contribution in [0.3, 0.4) is 0 Å². The zero-order valence-corrected chi connectivity index (χ0v) is 17.8. The molecule has 0 aromatic heterocycles. The van der Waals surface area contributed by atoms with Crippen LogP contribution in [0, 0.1) is 13.8 Å². The number of benzene rings is 2. The third-order valence-electron chi connectivity index (χ3n) is 5.03. The van der Waals surface area contributed by atoms with Gasteiger partial charge < -0.3 is 14.6 Å². The highest BCUT2D eigenvalue weighted by molar-refractivity contribution is 5.71. The minimum atomic E-state index is -0.348. The smallest absolute Gasteiger partial charge is 0.344 e. The van der Waals surface area contributed by atoms with Gasteiger partial charge in [-0.1, -0.05) is 32.9 Å². The van der Waals surface area contributed by atoms with Crippen LogP contribution in [0.4, 0.5) is 0 Å². The molecule has 152 valence electrons. The topological polar surface area (TPSA) is 55.8 Å². The molecule has 4 heteroatoms. The van der Waals surface area contributed by atoms with Crippen LogP contribution in [0.1, 0.15) is 67.9 Å². The summed E-state index contributed by atoms with van der Waals surface area (Å²) in [5, 5.41) is 10.0. The molecule has 0 aliphatic heterocycles. The minimum absolute atomic E-state index is 0.0850. The number of carbonyl (C=O) groups is 1. The highest BCUT2D eigenvalue weighted by Crippen LogP contribution is 2.29. The number of carbonyl (C=O) groups excluding carboxylic acids is 1. The monoisotopic (exact) mass is 384 g/mol. The second-order valence-electron chi connectivity index (χ2n) is 7.76. The van der Waals surface area contributed by atoms with Gasteiger partial charge in [0.05, 0.1) is 6.10 Å². The molecule has 4 nitrogen and oxygen atoms in total. The molecule has 2 rings (SSSR count). The van der Waals surface area contributed by atoms with Crippen LogP contribution in [0.2, 0.25) is 0 Å². The Morgan fingerprint density at radius 2 is 1.71 bits per heavy atom. The van der Waals surface area contributed by atoms with Gasteiger partial charge in [-0.3, -0.25) is 0 Å². The van der Waals surface area contributed by atoms with Gasteiger partial charge >= 0.3 is 5.97 Å². The lowest BCUT2D eigenvalue weighted by Gasteiger charge is -2.16. The number of hydrogen-bond acceptors (Lipinski definition) is 4. The average Bonchev–Trinajstić information content (AvgIpc) is 2.63. The van der Waals surface area contributed by atoms with Crippen LogP contribution in [0.25, 0.3) is 0 Å². The quantitative estimate of drug-likeness (QED) is 0.615. The van der Waals surface area contributed by atoms with Gasteiger partial charge in [0.1, 0.15) is 11.5 Å². The average molecular weight is 385 g/mol. The van der Waals surface area contributed by atoms with Crippen LogP contribution in [0.5, 0.6) is 11.5 Å². The molecule has 1 atom stereocenters. The van der Waals surface area contributed by atoms with Crippen molar-refractivity contribution in [1.82, 2.24) is 0 Å². The molecule has 0 aliphatic rings. The molecule has 2 aromatic carbocycles. The van der Waals surface area contributed by atoms with Crippen LogP contribution < -0.4 is 4.74 Å². The van der Waals surface area contributed by atoms with Gasteiger partial charge in [-0.05, 0) is 85.5 Å². The number of rotatable bonds is 8. The highest BCUT2D eigenvalue weighted by atomic mass is 16.6. The van der Waals surface area contributed by atoms with E-state index in [4.69, 9.17) is 9.47 Å². The summed E-state index contributed by atoms with van der Waals surface area (Å²) in [6.07, 6.45) is 1.48. The number of esters is 1. The largest absolute Gasteiger partial charge is 0.508 e. The van der Waals surface area contributed by atoms with E-state index in [0.29, 0.717) is 11.5 Å². The van der Waals surface area contributed by atoms with Crippen molar-refractivity contribution in [1.29, 1.82) is 0 Å². The summed E-state index contributed by atoms with van der Waals surface area (Å²) in [5.74, 6) is 0.945. The van der Waals surface area contributed by atoms with Crippen molar-refractivity contribution in [3.63, 3.8) is 0 Å². The first-order chi connectivity index (χ1) is 13.2. The number of phenols is 1. The van der Waals surface area contributed by atoms with Crippen molar-refractivity contribution in [3.8, 4) is 11.5 Å². The fourth-order valence-corrected chi connectivity index (χ4v) is 3.18. The first-order valence-corrected chi connectivity index (χ1v) is 9.95. The molecule has 0 spiro atoms. The molecule has 28 heavy (non-hydrogen) atoms. The summed E-state index contributed by atoms with van der Waals surface area (Å²) < 4.78 is 10.9. The van der Waals surface area contributed by atoms with E-state index in [0.717, 1.165) is 29.5 Å². The van der Waals surface area contributed by atoms with Crippen molar-refractivity contribution in [3.05, 3.63) is 58.1 Å². The van der Waals surface area contributed by atoms with Crippen molar-refractivity contribution < 1.29 is 19.4 Å². The lowest BCUT2D eigenvalue weighted by molar-refractivity contribution is -0.150. The molecule has 0 aliphatic carbocycles. The Labute approximate surface area is 168 Å². The van der Waals surface area contributed by atoms with Gasteiger partial charge in [0.2, 0.25) is 0 Å². The van der Waals surface area contributed by atoms with E-state index in [2.05, 4.69) is 33.8 Å². The van der Waals surface area contributed by atoms with E-state index in [1.54, 1.807) is 6.07 Å². The molecule has 0 bridgehead atoms. The maximum Gasteiger partial charge on any atom is 0.344 e. The van der Waals surface area contributed by atoms with Gasteiger partial charge in [0.25, 0.3) is 0 Å². The molecule has 0 saturated carbocycles. The zero-order chi connectivity index (χ0) is 20.8. The number of aryl methyl sites for hydroxylation is 2. The van der Waals surface area contributed by atoms with Crippen molar-refractivity contribution in [2.24, 2.45) is 0 Å². The van der Waals surface area contributed by atoms with E-state index in [9.17, 15) is 9.90 Å². The number of phenolic OH excluding ortho intramolecular Hbond substituents is 1. The first kappa shape index (κ1) is 21.8. The maximum atomic E-state index is 11.8. The van der Waals surface area contributed by atoms with Crippen molar-refractivity contribution >= 4 is 5.97 Å². The molecule has 0 saturated heterocycles. The molecular formula is C24H32O4. The molecule has 0 fully saturated rings. The van der Waals surface area contributed by atoms with Gasteiger partial charge in [-0.15, -0.1) is 0 Å². The van der Waals surface area contributed by atoms with Gasteiger partial charge in [-0.25, -0.2) is 4.79 Å². The first-order valence-electron chi connectivity index (χ1n) is 9.95. The van der Waals surface area contributed by atoms with E-state index in [1.165, 1.54) is 11.1 Å². The Hall–Kier alpha value is -2.49. The van der Waals surface area contributed by atoms with E-state index < -0.39 is 0 Å². The fourth-order valence-electron chi connectivity index (χ4n) is 3.18. The fraction of sp³-hybridized carbons (Fsp3) is 0.458. The highest BCUT2D eigenvalue weighted by Gasteiger charge is 2.12. The van der Waals surface area contributed by atoms with E-state index >= 15 is 0 Å². The van der Waals surface area contributed by atoms with Crippen LogP contribution >= 0.6 is 0 Å². The Kier molecular flexibility index (Phi) is 7.50. The van der Waals surface area contributed by atoms with E-state index in [-0.39, 0.29) is 24.6 Å². The lowest BCUT2D eigenvalue weighted by Crippen LogP contribution is -2.20. The summed E-state index contributed by atoms with van der Waals surface area (Å²) in [6, 6.07) is 9.74. The summed E-state index contributed by atoms with van der Waals surface area (Å²) in [4.78, 5) is 11.8. The number of aromatic hydroxyl groups is 1. The Morgan fingerprint density at radius 3 is 2.29 bits per heavy atom. The lowest BCUT2D eigenvalue weighted by atomic mass is 9.93. The molecule has 1 N–H and O–H groups in total. The molecule has 0 amide bonds. The second kappa shape index (κ2) is 9.63. The van der Waals surface area contributed by atoms with E-state index in [1.807, 2.05) is 32.0 Å². The molecule has 2 aromatic rings. The van der Waals surface area contributed by atoms with Crippen LogP contribution in [-0.2, 0) is 16.0 Å². The number of hydrogen-bond donors (Lipinski definition) is 1. The van der Waals surface area contributed by atoms with Crippen molar-refractivity contribution in [2.75, 3.05) is 6.61 Å². The van der Waals surface area contributed by atoms with Gasteiger partial charge in [-0.2, -0.15) is 0 Å². The predicted molar refractivity (Wildman–Crippen MR) is 112 cm³/mol. The summed E-state index contributed by atoms with van der Waals surface area (Å²) in [6.45, 7) is 12.0. The maximum absolute atomic E-state index is 11.8. The third kappa shape index (κ3) is 5.75. The van der Waals surface area contributed by atoms with Gasteiger partial charge in [0, 0.05) is 0 Å². The number of ether oxygens (including phenoxy) is 2. The SMILES string of the molecule is CCC(C)OC(=O)COc1cc(C)c(Cc2ccc(O)c(C(C)C)c2)c(C)c1. The molecule has 0 heterocycles. The zero-order valence-electron chi connectivity index (χ0n) is 17.8. The van der Waals surface area contributed by atoms with Crippen molar-refractivity contribution in [2.45, 2.75) is 66.4 Å².